The molecule has 136 valence electrons. The van der Waals surface area contributed by atoms with Gasteiger partial charge in [0, 0.05) is 23.1 Å². The van der Waals surface area contributed by atoms with Gasteiger partial charge in [-0.05, 0) is 41.8 Å². The van der Waals surface area contributed by atoms with Crippen LogP contribution in [0.3, 0.4) is 0 Å². The van der Waals surface area contributed by atoms with Crippen LogP contribution in [0, 0.1) is 5.82 Å². The summed E-state index contributed by atoms with van der Waals surface area (Å²) in [7, 11) is 1.54. The highest BCUT2D eigenvalue weighted by Gasteiger charge is 2.09. The summed E-state index contributed by atoms with van der Waals surface area (Å²) in [6.07, 6.45) is 2.96. The molecule has 0 aliphatic carbocycles. The predicted octanol–water partition coefficient (Wildman–Crippen LogP) is 5.25. The largest absolute Gasteiger partial charge is 0.495 e. The fourth-order valence-electron chi connectivity index (χ4n) is 2.65. The van der Waals surface area contributed by atoms with E-state index in [0.29, 0.717) is 22.1 Å². The lowest BCUT2D eigenvalue weighted by Gasteiger charge is -2.10. The molecular formula is C19H15ClFN5O. The second kappa shape index (κ2) is 7.13. The first-order valence-electron chi connectivity index (χ1n) is 8.09. The summed E-state index contributed by atoms with van der Waals surface area (Å²) >= 11 is 6.12. The number of aromatic amines is 1. The predicted molar refractivity (Wildman–Crippen MR) is 105 cm³/mol. The van der Waals surface area contributed by atoms with Crippen molar-refractivity contribution in [3.05, 3.63) is 65.7 Å². The summed E-state index contributed by atoms with van der Waals surface area (Å²) in [4.78, 5) is 11.3. The number of rotatable bonds is 5. The van der Waals surface area contributed by atoms with Gasteiger partial charge >= 0.3 is 0 Å². The Bertz CT molecular complexity index is 1110. The van der Waals surface area contributed by atoms with Gasteiger partial charge in [-0.2, -0.15) is 4.98 Å². The number of methoxy groups -OCH3 is 1. The van der Waals surface area contributed by atoms with Crippen molar-refractivity contribution in [2.45, 2.75) is 0 Å². The van der Waals surface area contributed by atoms with Crippen molar-refractivity contribution in [1.82, 2.24) is 15.0 Å². The van der Waals surface area contributed by atoms with Crippen molar-refractivity contribution in [3.63, 3.8) is 0 Å². The monoisotopic (exact) mass is 383 g/mol. The number of halogens is 2. The first-order valence-corrected chi connectivity index (χ1v) is 8.47. The van der Waals surface area contributed by atoms with E-state index in [4.69, 9.17) is 16.3 Å². The summed E-state index contributed by atoms with van der Waals surface area (Å²) < 4.78 is 19.3. The molecule has 0 saturated carbocycles. The van der Waals surface area contributed by atoms with E-state index >= 15 is 0 Å². The Labute approximate surface area is 159 Å². The zero-order valence-electron chi connectivity index (χ0n) is 14.3. The maximum atomic E-state index is 14.2. The van der Waals surface area contributed by atoms with E-state index in [9.17, 15) is 4.39 Å². The quantitative estimate of drug-likeness (QED) is 0.439. The van der Waals surface area contributed by atoms with Gasteiger partial charge in [-0.3, -0.25) is 0 Å². The van der Waals surface area contributed by atoms with E-state index in [1.54, 1.807) is 25.3 Å². The first kappa shape index (κ1) is 17.1. The number of fused-ring (bicyclic) bond motifs is 1. The van der Waals surface area contributed by atoms with Crippen LogP contribution in [0.4, 0.5) is 27.5 Å². The molecule has 2 aromatic heterocycles. The van der Waals surface area contributed by atoms with E-state index < -0.39 is 5.82 Å². The molecule has 0 spiro atoms. The average Bonchev–Trinajstić information content (AvgIpc) is 3.12. The number of nitrogens with one attached hydrogen (secondary N) is 3. The Kier molecular flexibility index (Phi) is 4.52. The molecule has 0 aliphatic rings. The van der Waals surface area contributed by atoms with Gasteiger partial charge in [-0.15, -0.1) is 0 Å². The van der Waals surface area contributed by atoms with Crippen LogP contribution < -0.4 is 15.4 Å². The topological polar surface area (TPSA) is 74.9 Å². The van der Waals surface area contributed by atoms with Crippen LogP contribution >= 0.6 is 11.6 Å². The molecular weight excluding hydrogens is 369 g/mol. The van der Waals surface area contributed by atoms with Crippen molar-refractivity contribution in [2.75, 3.05) is 17.7 Å². The number of H-pyrrole nitrogens is 1. The highest BCUT2D eigenvalue weighted by molar-refractivity contribution is 6.32. The highest BCUT2D eigenvalue weighted by atomic mass is 35.5. The van der Waals surface area contributed by atoms with E-state index in [0.717, 1.165) is 17.1 Å². The summed E-state index contributed by atoms with van der Waals surface area (Å²) in [5.41, 5.74) is 2.31. The number of hydrogen-bond donors (Lipinski definition) is 3. The molecule has 0 radical (unpaired) electrons. The number of ether oxygens (including phenoxy) is 1. The third-order valence-corrected chi connectivity index (χ3v) is 4.27. The van der Waals surface area contributed by atoms with Gasteiger partial charge in [0.2, 0.25) is 5.95 Å². The van der Waals surface area contributed by atoms with E-state index in [2.05, 4.69) is 25.6 Å². The first-order chi connectivity index (χ1) is 13.1. The minimum Gasteiger partial charge on any atom is -0.495 e. The Morgan fingerprint density at radius 3 is 2.70 bits per heavy atom. The fourth-order valence-corrected chi connectivity index (χ4v) is 2.91. The van der Waals surface area contributed by atoms with Gasteiger partial charge in [0.25, 0.3) is 0 Å². The molecule has 0 bridgehead atoms. The lowest BCUT2D eigenvalue weighted by Crippen LogP contribution is -2.03. The van der Waals surface area contributed by atoms with Crippen LogP contribution in [0.1, 0.15) is 0 Å². The van der Waals surface area contributed by atoms with Gasteiger partial charge < -0.3 is 20.4 Å². The molecule has 0 unspecified atom stereocenters. The summed E-state index contributed by atoms with van der Waals surface area (Å²) in [6.45, 7) is 0. The molecule has 0 fully saturated rings. The second-order valence-electron chi connectivity index (χ2n) is 5.77. The van der Waals surface area contributed by atoms with E-state index in [-0.39, 0.29) is 11.8 Å². The lowest BCUT2D eigenvalue weighted by molar-refractivity contribution is 0.415. The Balaban J connectivity index is 1.58. The second-order valence-corrected chi connectivity index (χ2v) is 6.18. The molecule has 0 atom stereocenters. The lowest BCUT2D eigenvalue weighted by atomic mass is 10.2. The van der Waals surface area contributed by atoms with Gasteiger partial charge in [-0.1, -0.05) is 17.7 Å². The number of benzene rings is 2. The summed E-state index contributed by atoms with van der Waals surface area (Å²) in [6, 6.07) is 12.8. The molecule has 6 nitrogen and oxygen atoms in total. The molecule has 27 heavy (non-hydrogen) atoms. The maximum absolute atomic E-state index is 14.2. The van der Waals surface area contributed by atoms with Gasteiger partial charge in [0.1, 0.15) is 5.75 Å². The summed E-state index contributed by atoms with van der Waals surface area (Å²) in [5.74, 6) is 0.309. The van der Waals surface area contributed by atoms with Gasteiger partial charge in [0.05, 0.1) is 18.3 Å². The molecule has 2 aromatic carbocycles. The van der Waals surface area contributed by atoms with Crippen molar-refractivity contribution < 1.29 is 9.13 Å². The molecule has 0 aliphatic heterocycles. The van der Waals surface area contributed by atoms with E-state index in [1.807, 2.05) is 30.5 Å². The van der Waals surface area contributed by atoms with Crippen LogP contribution in [0.5, 0.6) is 5.75 Å². The van der Waals surface area contributed by atoms with Gasteiger partial charge in [0.15, 0.2) is 11.6 Å². The molecule has 3 N–H and O–H groups in total. The van der Waals surface area contributed by atoms with Crippen molar-refractivity contribution in [2.24, 2.45) is 0 Å². The Morgan fingerprint density at radius 2 is 1.89 bits per heavy atom. The highest BCUT2D eigenvalue weighted by Crippen LogP contribution is 2.29. The molecule has 4 rings (SSSR count). The minimum absolute atomic E-state index is 0.0676. The van der Waals surface area contributed by atoms with Crippen LogP contribution in [0.25, 0.3) is 10.9 Å². The summed E-state index contributed by atoms with van der Waals surface area (Å²) in [5, 5.41) is 7.50. The molecule has 0 saturated heterocycles. The average molecular weight is 384 g/mol. The van der Waals surface area contributed by atoms with Crippen LogP contribution in [0.2, 0.25) is 5.02 Å². The molecule has 8 heteroatoms. The van der Waals surface area contributed by atoms with Gasteiger partial charge in [-0.25, -0.2) is 9.37 Å². The maximum Gasteiger partial charge on any atom is 0.229 e. The number of hydrogen-bond acceptors (Lipinski definition) is 5. The van der Waals surface area contributed by atoms with Crippen molar-refractivity contribution in [3.8, 4) is 5.75 Å². The zero-order chi connectivity index (χ0) is 18.8. The smallest absolute Gasteiger partial charge is 0.229 e. The van der Waals surface area contributed by atoms with Crippen LogP contribution in [0.15, 0.2) is 54.9 Å². The van der Waals surface area contributed by atoms with Crippen LogP contribution in [-0.2, 0) is 0 Å². The number of anilines is 4. The fraction of sp³-hybridized carbons (Fsp3) is 0.0526. The standard InChI is InChI=1S/C19H15ClFN5O/c1-27-17-5-4-12(8-14(17)20)25-19-23-10-15(21)18(26-19)24-13-3-2-11-6-7-22-16(11)9-13/h2-10,22H,1H3,(H2,23,24,25,26). The third kappa shape index (κ3) is 3.63. The Hall–Kier alpha value is -3.32. The van der Waals surface area contributed by atoms with Crippen molar-refractivity contribution in [1.29, 1.82) is 0 Å². The van der Waals surface area contributed by atoms with Crippen LogP contribution in [-0.4, -0.2) is 22.1 Å². The number of nitrogens with zero attached hydrogens (tertiary/aromatic N) is 2. The number of aromatic nitrogens is 3. The Morgan fingerprint density at radius 1 is 1.07 bits per heavy atom. The molecule has 0 amide bonds. The molecule has 4 aromatic rings. The van der Waals surface area contributed by atoms with E-state index in [1.165, 1.54) is 0 Å². The SMILES string of the molecule is COc1ccc(Nc2ncc(F)c(Nc3ccc4cc[nH]c4c3)n2)cc1Cl. The third-order valence-electron chi connectivity index (χ3n) is 3.97. The minimum atomic E-state index is -0.556. The van der Waals surface area contributed by atoms with Crippen molar-refractivity contribution >= 4 is 45.6 Å². The zero-order valence-corrected chi connectivity index (χ0v) is 15.0. The normalized spacial score (nSPS) is 10.8. The molecule has 2 heterocycles.